The van der Waals surface area contributed by atoms with E-state index in [1.54, 1.807) is 55.5 Å². The van der Waals surface area contributed by atoms with Crippen LogP contribution in [0.3, 0.4) is 0 Å². The number of hydrogen-bond donors (Lipinski definition) is 1. The Kier molecular flexibility index (Phi) is 7.43. The number of aryl methyl sites for hydroxylation is 1. The number of para-hydroxylation sites is 1. The molecule has 0 radical (unpaired) electrons. The summed E-state index contributed by atoms with van der Waals surface area (Å²) in [6.45, 7) is 1.80. The van der Waals surface area contributed by atoms with Gasteiger partial charge in [0.25, 0.3) is 0 Å². The maximum atomic E-state index is 13.7. The van der Waals surface area contributed by atoms with Crippen LogP contribution in [0.4, 0.5) is 19.3 Å². The Labute approximate surface area is 189 Å². The van der Waals surface area contributed by atoms with E-state index in [1.807, 2.05) is 0 Å². The van der Waals surface area contributed by atoms with E-state index in [0.717, 1.165) is 23.8 Å². The van der Waals surface area contributed by atoms with Crippen molar-refractivity contribution in [2.75, 3.05) is 11.9 Å². The van der Waals surface area contributed by atoms with Crippen LogP contribution in [0.5, 0.6) is 5.75 Å². The molecule has 1 atom stereocenters. The Morgan fingerprint density at radius 2 is 1.69 bits per heavy atom. The summed E-state index contributed by atoms with van der Waals surface area (Å²) in [5.74, 6) is -1.77. The number of hydrogen-bond acceptors (Lipinski definition) is 3. The Bertz CT molecular complexity index is 1110. The summed E-state index contributed by atoms with van der Waals surface area (Å²) in [6, 6.07) is 15.2. The number of rotatable bonds is 6. The molecule has 0 aliphatic rings. The van der Waals surface area contributed by atoms with Crippen molar-refractivity contribution in [2.45, 2.75) is 19.4 Å². The molecule has 2 amide bonds. The van der Waals surface area contributed by atoms with E-state index in [-0.39, 0.29) is 17.7 Å². The van der Waals surface area contributed by atoms with Gasteiger partial charge in [-0.1, -0.05) is 29.8 Å². The Morgan fingerprint density at radius 1 is 1.03 bits per heavy atom. The fraction of sp³-hybridized carbons (Fsp3) is 0.167. The highest BCUT2D eigenvalue weighted by Gasteiger charge is 2.27. The number of carbonyl (C=O) groups is 2. The van der Waals surface area contributed by atoms with Gasteiger partial charge >= 0.3 is 6.09 Å². The number of halogens is 3. The first-order valence-electron chi connectivity index (χ1n) is 9.75. The quantitative estimate of drug-likeness (QED) is 0.546. The number of nitrogens with one attached hydrogen (secondary N) is 1. The lowest BCUT2D eigenvalue weighted by atomic mass is 10.0. The van der Waals surface area contributed by atoms with Crippen LogP contribution in [0.15, 0.2) is 66.7 Å². The van der Waals surface area contributed by atoms with Crippen molar-refractivity contribution in [3.05, 3.63) is 94.5 Å². The van der Waals surface area contributed by atoms with Gasteiger partial charge in [0.1, 0.15) is 23.4 Å². The number of anilines is 1. The van der Waals surface area contributed by atoms with Gasteiger partial charge in [0.2, 0.25) is 5.91 Å². The first-order chi connectivity index (χ1) is 15.2. The van der Waals surface area contributed by atoms with Crippen LogP contribution in [-0.4, -0.2) is 25.1 Å². The number of likely N-dealkylation sites (N-methyl/N-ethyl adjacent to an activating group) is 1. The van der Waals surface area contributed by atoms with Crippen LogP contribution in [0.2, 0.25) is 5.02 Å². The van der Waals surface area contributed by atoms with Crippen LogP contribution in [0.25, 0.3) is 0 Å². The second-order valence-corrected chi connectivity index (χ2v) is 7.62. The summed E-state index contributed by atoms with van der Waals surface area (Å²) in [5, 5.41) is 3.05. The third kappa shape index (κ3) is 6.04. The average molecular weight is 459 g/mol. The highest BCUT2D eigenvalue weighted by atomic mass is 35.5. The molecule has 0 bridgehead atoms. The van der Waals surface area contributed by atoms with Crippen LogP contribution in [0.1, 0.15) is 11.1 Å². The van der Waals surface area contributed by atoms with Crippen LogP contribution in [-0.2, 0) is 11.2 Å². The Morgan fingerprint density at radius 3 is 2.31 bits per heavy atom. The van der Waals surface area contributed by atoms with Gasteiger partial charge in [0.15, 0.2) is 0 Å². The third-order valence-electron chi connectivity index (χ3n) is 4.77. The van der Waals surface area contributed by atoms with E-state index >= 15 is 0 Å². The number of nitrogens with zero attached hydrogens (tertiary/aromatic N) is 1. The molecule has 0 spiro atoms. The standard InChI is InChI=1S/C24H21ClF2N2O3/c1-15-10-19(8-9-21(15)25)29(2)23(30)22(13-16-11-17(26)14-18(27)12-16)28-24(31)32-20-6-4-3-5-7-20/h3-12,14,22H,13H2,1-2H3,(H,28,31)/t22-/m0/s1. The summed E-state index contributed by atoms with van der Waals surface area (Å²) >= 11 is 6.06. The van der Waals surface area contributed by atoms with Crippen molar-refractivity contribution >= 4 is 29.3 Å². The van der Waals surface area contributed by atoms with E-state index in [0.29, 0.717) is 10.7 Å². The number of carbonyl (C=O) groups excluding carboxylic acids is 2. The van der Waals surface area contributed by atoms with E-state index in [2.05, 4.69) is 5.32 Å². The monoisotopic (exact) mass is 458 g/mol. The minimum absolute atomic E-state index is 0.145. The lowest BCUT2D eigenvalue weighted by Gasteiger charge is -2.25. The summed E-state index contributed by atoms with van der Waals surface area (Å²) in [4.78, 5) is 27.0. The molecule has 3 rings (SSSR count). The van der Waals surface area contributed by atoms with Gasteiger partial charge in [-0.3, -0.25) is 4.79 Å². The smallest absolute Gasteiger partial charge is 0.410 e. The highest BCUT2D eigenvalue weighted by Crippen LogP contribution is 2.23. The molecule has 3 aromatic carbocycles. The van der Waals surface area contributed by atoms with E-state index in [9.17, 15) is 18.4 Å². The zero-order valence-corrected chi connectivity index (χ0v) is 18.2. The minimum atomic E-state index is -1.15. The van der Waals surface area contributed by atoms with Crippen molar-refractivity contribution in [2.24, 2.45) is 0 Å². The van der Waals surface area contributed by atoms with Crippen molar-refractivity contribution in [3.63, 3.8) is 0 Å². The molecule has 166 valence electrons. The number of ether oxygens (including phenoxy) is 1. The largest absolute Gasteiger partial charge is 0.413 e. The van der Waals surface area contributed by atoms with Crippen LogP contribution in [0, 0.1) is 18.6 Å². The lowest BCUT2D eigenvalue weighted by molar-refractivity contribution is -0.120. The highest BCUT2D eigenvalue weighted by molar-refractivity contribution is 6.31. The van der Waals surface area contributed by atoms with Gasteiger partial charge in [-0.2, -0.15) is 0 Å². The maximum absolute atomic E-state index is 13.7. The van der Waals surface area contributed by atoms with E-state index in [1.165, 1.54) is 11.9 Å². The average Bonchev–Trinajstić information content (AvgIpc) is 2.74. The molecule has 0 aliphatic carbocycles. The van der Waals surface area contributed by atoms with Gasteiger partial charge in [0, 0.05) is 30.2 Å². The fourth-order valence-electron chi connectivity index (χ4n) is 3.13. The van der Waals surface area contributed by atoms with Gasteiger partial charge in [-0.25, -0.2) is 13.6 Å². The zero-order valence-electron chi connectivity index (χ0n) is 17.4. The normalized spacial score (nSPS) is 11.5. The first kappa shape index (κ1) is 23.2. The van der Waals surface area contributed by atoms with Gasteiger partial charge in [0.05, 0.1) is 0 Å². The minimum Gasteiger partial charge on any atom is -0.410 e. The molecule has 0 saturated carbocycles. The van der Waals surface area contributed by atoms with E-state index < -0.39 is 29.7 Å². The fourth-order valence-corrected chi connectivity index (χ4v) is 3.25. The number of benzene rings is 3. The SMILES string of the molecule is Cc1cc(N(C)C(=O)[C@H](Cc2cc(F)cc(F)c2)NC(=O)Oc2ccccc2)ccc1Cl. The van der Waals surface area contributed by atoms with Crippen molar-refractivity contribution < 1.29 is 23.1 Å². The van der Waals surface area contributed by atoms with Crippen molar-refractivity contribution in [1.29, 1.82) is 0 Å². The molecule has 0 unspecified atom stereocenters. The molecule has 0 aliphatic heterocycles. The molecular weight excluding hydrogens is 438 g/mol. The molecule has 0 aromatic heterocycles. The predicted molar refractivity (Wildman–Crippen MR) is 119 cm³/mol. The zero-order chi connectivity index (χ0) is 23.3. The van der Waals surface area contributed by atoms with Gasteiger partial charge < -0.3 is 15.0 Å². The Hall–Kier alpha value is -3.45. The first-order valence-corrected chi connectivity index (χ1v) is 10.1. The Balaban J connectivity index is 1.84. The topological polar surface area (TPSA) is 58.6 Å². The molecule has 8 heteroatoms. The molecule has 0 heterocycles. The second kappa shape index (κ2) is 10.2. The molecule has 3 aromatic rings. The molecule has 0 saturated heterocycles. The van der Waals surface area contributed by atoms with Gasteiger partial charge in [-0.15, -0.1) is 0 Å². The lowest BCUT2D eigenvalue weighted by Crippen LogP contribution is -2.49. The summed E-state index contributed by atoms with van der Waals surface area (Å²) in [6.07, 6.45) is -1.01. The summed E-state index contributed by atoms with van der Waals surface area (Å²) < 4.78 is 32.6. The summed E-state index contributed by atoms with van der Waals surface area (Å²) in [7, 11) is 1.54. The second-order valence-electron chi connectivity index (χ2n) is 7.21. The van der Waals surface area contributed by atoms with Crippen LogP contribution < -0.4 is 15.0 Å². The molecule has 1 N–H and O–H groups in total. The molecule has 5 nitrogen and oxygen atoms in total. The predicted octanol–water partition coefficient (Wildman–Crippen LogP) is 5.29. The summed E-state index contributed by atoms with van der Waals surface area (Å²) in [5.41, 5.74) is 1.52. The third-order valence-corrected chi connectivity index (χ3v) is 5.19. The molecular formula is C24H21ClF2N2O3. The maximum Gasteiger partial charge on any atom is 0.413 e. The van der Waals surface area contributed by atoms with E-state index in [4.69, 9.17) is 16.3 Å². The molecule has 32 heavy (non-hydrogen) atoms. The van der Waals surface area contributed by atoms with Crippen LogP contribution >= 0.6 is 11.6 Å². The van der Waals surface area contributed by atoms with Gasteiger partial charge in [-0.05, 0) is 60.5 Å². The van der Waals surface area contributed by atoms with Crippen molar-refractivity contribution in [3.8, 4) is 5.75 Å². The molecule has 0 fully saturated rings. The van der Waals surface area contributed by atoms with Crippen molar-refractivity contribution in [1.82, 2.24) is 5.32 Å². The number of amides is 2.